The van der Waals surface area contributed by atoms with Crippen LogP contribution in [0.5, 0.6) is 0 Å². The quantitative estimate of drug-likeness (QED) is 0.808. The maximum atomic E-state index is 5.76. The van der Waals surface area contributed by atoms with Crippen molar-refractivity contribution in [3.05, 3.63) is 29.8 Å². The first-order chi connectivity index (χ1) is 8.83. The van der Waals surface area contributed by atoms with E-state index in [2.05, 4.69) is 17.0 Å². The number of hydrogen-bond acceptors (Lipinski definition) is 2. The van der Waals surface area contributed by atoms with Gasteiger partial charge in [-0.15, -0.1) is 0 Å². The van der Waals surface area contributed by atoms with Gasteiger partial charge in [0.15, 0.2) is 0 Å². The van der Waals surface area contributed by atoms with E-state index in [1.807, 2.05) is 12.1 Å². The normalized spacial score (nSPS) is 26.6. The lowest BCUT2D eigenvalue weighted by Crippen LogP contribution is -2.34. The van der Waals surface area contributed by atoms with Crippen LogP contribution >= 0.6 is 0 Å². The predicted molar refractivity (Wildman–Crippen MR) is 76.7 cm³/mol. The molecule has 1 aliphatic heterocycles. The number of nitrogen functional groups attached to an aromatic ring is 1. The van der Waals surface area contributed by atoms with Crippen LogP contribution in [0, 0.1) is 0 Å². The van der Waals surface area contributed by atoms with Crippen LogP contribution < -0.4 is 5.73 Å². The zero-order valence-corrected chi connectivity index (χ0v) is 11.1. The zero-order valence-electron chi connectivity index (χ0n) is 11.1. The van der Waals surface area contributed by atoms with Gasteiger partial charge in [-0.3, -0.25) is 4.90 Å². The Morgan fingerprint density at radius 3 is 2.39 bits per heavy atom. The van der Waals surface area contributed by atoms with E-state index in [9.17, 15) is 0 Å². The van der Waals surface area contributed by atoms with E-state index in [1.165, 1.54) is 57.2 Å². The summed E-state index contributed by atoms with van der Waals surface area (Å²) < 4.78 is 0. The molecule has 2 fully saturated rings. The molecule has 2 N–H and O–H groups in total. The molecule has 0 bridgehead atoms. The number of benzene rings is 1. The van der Waals surface area contributed by atoms with Crippen molar-refractivity contribution in [2.45, 2.75) is 50.5 Å². The Hall–Kier alpha value is -1.02. The van der Waals surface area contributed by atoms with Crippen LogP contribution in [0.2, 0.25) is 0 Å². The average molecular weight is 244 g/mol. The molecule has 18 heavy (non-hydrogen) atoms. The predicted octanol–water partition coefficient (Wildman–Crippen LogP) is 3.39. The Morgan fingerprint density at radius 1 is 0.944 bits per heavy atom. The molecule has 1 unspecified atom stereocenters. The first-order valence-electron chi connectivity index (χ1n) is 7.42. The van der Waals surface area contributed by atoms with Gasteiger partial charge in [-0.25, -0.2) is 0 Å². The highest BCUT2D eigenvalue weighted by Gasteiger charge is 2.29. The van der Waals surface area contributed by atoms with Gasteiger partial charge < -0.3 is 5.73 Å². The summed E-state index contributed by atoms with van der Waals surface area (Å²) in [5, 5.41) is 0. The lowest BCUT2D eigenvalue weighted by molar-refractivity contribution is 0.189. The maximum Gasteiger partial charge on any atom is 0.0314 e. The molecule has 98 valence electrons. The first-order valence-corrected chi connectivity index (χ1v) is 7.42. The molecule has 1 heterocycles. The van der Waals surface area contributed by atoms with Crippen LogP contribution in [0.25, 0.3) is 0 Å². The fourth-order valence-corrected chi connectivity index (χ4v) is 3.61. The Labute approximate surface area is 110 Å². The van der Waals surface area contributed by atoms with Crippen molar-refractivity contribution < 1.29 is 0 Å². The van der Waals surface area contributed by atoms with Crippen LogP contribution in [-0.4, -0.2) is 24.0 Å². The molecule has 2 aliphatic rings. The molecule has 1 aliphatic carbocycles. The van der Waals surface area contributed by atoms with Gasteiger partial charge >= 0.3 is 0 Å². The second kappa shape index (κ2) is 5.31. The maximum absolute atomic E-state index is 5.76. The summed E-state index contributed by atoms with van der Waals surface area (Å²) in [6.45, 7) is 2.55. The van der Waals surface area contributed by atoms with Crippen LogP contribution in [0.4, 0.5) is 5.69 Å². The van der Waals surface area contributed by atoms with Gasteiger partial charge in [0.25, 0.3) is 0 Å². The van der Waals surface area contributed by atoms with Gasteiger partial charge in [-0.05, 0) is 49.4 Å². The number of nitrogens with two attached hydrogens (primary N) is 1. The number of rotatable bonds is 2. The van der Waals surface area contributed by atoms with Gasteiger partial charge in [0.05, 0.1) is 0 Å². The van der Waals surface area contributed by atoms with E-state index in [0.29, 0.717) is 0 Å². The van der Waals surface area contributed by atoms with Crippen LogP contribution in [0.15, 0.2) is 24.3 Å². The summed E-state index contributed by atoms with van der Waals surface area (Å²) in [6, 6.07) is 9.38. The highest BCUT2D eigenvalue weighted by Crippen LogP contribution is 2.32. The molecule has 0 radical (unpaired) electrons. The van der Waals surface area contributed by atoms with E-state index in [4.69, 9.17) is 5.73 Å². The smallest absolute Gasteiger partial charge is 0.0314 e. The van der Waals surface area contributed by atoms with Crippen LogP contribution in [0.1, 0.15) is 50.0 Å². The van der Waals surface area contributed by atoms with Crippen molar-refractivity contribution in [2.75, 3.05) is 18.8 Å². The van der Waals surface area contributed by atoms with E-state index < -0.39 is 0 Å². The Kier molecular flexibility index (Phi) is 3.55. The summed E-state index contributed by atoms with van der Waals surface area (Å²) in [5.74, 6) is 0.729. The number of anilines is 1. The van der Waals surface area contributed by atoms with E-state index in [0.717, 1.165) is 17.6 Å². The van der Waals surface area contributed by atoms with Crippen molar-refractivity contribution in [3.8, 4) is 0 Å². The highest BCUT2D eigenvalue weighted by atomic mass is 15.2. The van der Waals surface area contributed by atoms with Gasteiger partial charge in [-0.2, -0.15) is 0 Å². The lowest BCUT2D eigenvalue weighted by Gasteiger charge is -2.31. The summed E-state index contributed by atoms with van der Waals surface area (Å²) in [6.07, 6.45) is 8.50. The first kappa shape index (κ1) is 12.0. The third-order valence-corrected chi connectivity index (χ3v) is 4.72. The summed E-state index contributed by atoms with van der Waals surface area (Å²) in [7, 11) is 0. The molecule has 1 atom stereocenters. The molecule has 1 aromatic carbocycles. The molecule has 0 amide bonds. The number of likely N-dealkylation sites (tertiary alicyclic amines) is 1. The fourth-order valence-electron chi connectivity index (χ4n) is 3.61. The molecule has 1 aromatic rings. The van der Waals surface area contributed by atoms with Gasteiger partial charge in [0.2, 0.25) is 0 Å². The Balaban J connectivity index is 1.62. The topological polar surface area (TPSA) is 29.3 Å². The lowest BCUT2D eigenvalue weighted by atomic mass is 9.94. The molecular formula is C16H24N2. The van der Waals surface area contributed by atoms with Crippen molar-refractivity contribution in [1.82, 2.24) is 4.90 Å². The molecule has 1 saturated carbocycles. The second-order valence-corrected chi connectivity index (χ2v) is 5.94. The third kappa shape index (κ3) is 2.54. The van der Waals surface area contributed by atoms with E-state index in [-0.39, 0.29) is 0 Å². The SMILES string of the molecule is Nc1ccc(C2CCN(C3CCCCC3)C2)cc1. The van der Waals surface area contributed by atoms with Crippen molar-refractivity contribution >= 4 is 5.69 Å². The van der Waals surface area contributed by atoms with Crippen LogP contribution in [0.3, 0.4) is 0 Å². The Bertz CT molecular complexity index is 379. The molecule has 3 rings (SSSR count). The minimum atomic E-state index is 0.729. The molecule has 1 saturated heterocycles. The number of hydrogen-bond donors (Lipinski definition) is 1. The largest absolute Gasteiger partial charge is 0.399 e. The van der Waals surface area contributed by atoms with Gasteiger partial charge in [0.1, 0.15) is 0 Å². The minimum Gasteiger partial charge on any atom is -0.399 e. The van der Waals surface area contributed by atoms with Crippen molar-refractivity contribution in [1.29, 1.82) is 0 Å². The fraction of sp³-hybridized carbons (Fsp3) is 0.625. The molecular weight excluding hydrogens is 220 g/mol. The standard InChI is InChI=1S/C16H24N2/c17-15-8-6-13(7-9-15)14-10-11-18(12-14)16-4-2-1-3-5-16/h6-9,14,16H,1-5,10-12,17H2. The van der Waals surface area contributed by atoms with Crippen molar-refractivity contribution in [2.24, 2.45) is 0 Å². The molecule has 2 heteroatoms. The molecule has 0 spiro atoms. The van der Waals surface area contributed by atoms with E-state index in [1.54, 1.807) is 0 Å². The minimum absolute atomic E-state index is 0.729. The molecule has 0 aromatic heterocycles. The van der Waals surface area contributed by atoms with Crippen molar-refractivity contribution in [3.63, 3.8) is 0 Å². The van der Waals surface area contributed by atoms with Gasteiger partial charge in [0, 0.05) is 18.3 Å². The highest BCUT2D eigenvalue weighted by molar-refractivity contribution is 5.40. The van der Waals surface area contributed by atoms with Crippen LogP contribution in [-0.2, 0) is 0 Å². The summed E-state index contributed by atoms with van der Waals surface area (Å²) >= 11 is 0. The third-order valence-electron chi connectivity index (χ3n) is 4.72. The average Bonchev–Trinajstić information content (AvgIpc) is 2.90. The Morgan fingerprint density at radius 2 is 1.67 bits per heavy atom. The summed E-state index contributed by atoms with van der Waals surface area (Å²) in [5.41, 5.74) is 8.11. The second-order valence-electron chi connectivity index (χ2n) is 5.94. The van der Waals surface area contributed by atoms with Gasteiger partial charge in [-0.1, -0.05) is 31.4 Å². The number of nitrogens with zero attached hydrogens (tertiary/aromatic N) is 1. The summed E-state index contributed by atoms with van der Waals surface area (Å²) in [4.78, 5) is 2.74. The zero-order chi connectivity index (χ0) is 12.4. The molecule has 2 nitrogen and oxygen atoms in total. The van der Waals surface area contributed by atoms with E-state index >= 15 is 0 Å². The monoisotopic (exact) mass is 244 g/mol.